The summed E-state index contributed by atoms with van der Waals surface area (Å²) in [5, 5.41) is 0. The molecule has 0 aromatic carbocycles. The van der Waals surface area contributed by atoms with E-state index in [0.717, 1.165) is 43.1 Å². The zero-order valence-electron chi connectivity index (χ0n) is 12.8. The fourth-order valence-corrected chi connectivity index (χ4v) is 2.88. The average molecular weight is 310 g/mol. The van der Waals surface area contributed by atoms with Gasteiger partial charge in [0.25, 0.3) is 0 Å². The van der Waals surface area contributed by atoms with E-state index in [4.69, 9.17) is 9.15 Å². The van der Waals surface area contributed by atoms with Crippen LogP contribution in [0.2, 0.25) is 0 Å². The van der Waals surface area contributed by atoms with Gasteiger partial charge in [0.1, 0.15) is 17.1 Å². The lowest BCUT2D eigenvalue weighted by Gasteiger charge is -2.25. The van der Waals surface area contributed by atoms with Crippen LogP contribution in [0, 0.1) is 0 Å². The van der Waals surface area contributed by atoms with Crippen LogP contribution in [0.4, 0.5) is 5.82 Å². The topological polar surface area (TPSA) is 64.3 Å². The molecular weight excluding hydrogens is 292 g/mol. The van der Waals surface area contributed by atoms with Gasteiger partial charge in [-0.25, -0.2) is 9.97 Å². The first kappa shape index (κ1) is 14.1. The molecule has 23 heavy (non-hydrogen) atoms. The van der Waals surface area contributed by atoms with Gasteiger partial charge in [0.05, 0.1) is 18.9 Å². The van der Waals surface area contributed by atoms with Crippen molar-refractivity contribution >= 4 is 17.0 Å². The molecule has 1 aliphatic heterocycles. The summed E-state index contributed by atoms with van der Waals surface area (Å²) in [6.45, 7) is 2.29. The summed E-state index contributed by atoms with van der Waals surface area (Å²) in [4.78, 5) is 15.4. The van der Waals surface area contributed by atoms with Crippen molar-refractivity contribution in [3.63, 3.8) is 0 Å². The molecule has 1 unspecified atom stereocenters. The van der Waals surface area contributed by atoms with E-state index in [0.29, 0.717) is 12.2 Å². The molecule has 4 rings (SSSR count). The highest BCUT2D eigenvalue weighted by molar-refractivity contribution is 5.71. The Morgan fingerprint density at radius 3 is 2.96 bits per heavy atom. The summed E-state index contributed by atoms with van der Waals surface area (Å²) in [5.74, 6) is 1.77. The van der Waals surface area contributed by atoms with Crippen molar-refractivity contribution in [2.24, 2.45) is 0 Å². The van der Waals surface area contributed by atoms with E-state index < -0.39 is 0 Å². The largest absolute Gasteiger partial charge is 0.467 e. The molecular formula is C17H18N4O2. The number of ether oxygens (including phenoxy) is 1. The Balaban J connectivity index is 1.63. The van der Waals surface area contributed by atoms with E-state index in [2.05, 4.69) is 19.9 Å². The summed E-state index contributed by atoms with van der Waals surface area (Å²) in [6, 6.07) is 7.81. The van der Waals surface area contributed by atoms with E-state index in [9.17, 15) is 0 Å². The van der Waals surface area contributed by atoms with E-state index in [1.165, 1.54) is 0 Å². The fourth-order valence-electron chi connectivity index (χ4n) is 2.88. The SMILES string of the molecule is c1coc(CN(CC2CCCO2)c2ccc3nccnc3n2)c1. The summed E-state index contributed by atoms with van der Waals surface area (Å²) in [6.07, 6.45) is 7.48. The molecule has 3 aromatic heterocycles. The average Bonchev–Trinajstić information content (AvgIpc) is 3.28. The summed E-state index contributed by atoms with van der Waals surface area (Å²) in [5.41, 5.74) is 1.45. The van der Waals surface area contributed by atoms with E-state index in [-0.39, 0.29) is 6.10 Å². The molecule has 1 aliphatic rings. The second-order valence-corrected chi connectivity index (χ2v) is 5.66. The molecule has 0 radical (unpaired) electrons. The van der Waals surface area contributed by atoms with Crippen LogP contribution in [0.5, 0.6) is 0 Å². The van der Waals surface area contributed by atoms with Gasteiger partial charge in [-0.1, -0.05) is 0 Å². The van der Waals surface area contributed by atoms with Crippen LogP contribution in [0.15, 0.2) is 47.3 Å². The second-order valence-electron chi connectivity index (χ2n) is 5.66. The second kappa shape index (κ2) is 6.34. The van der Waals surface area contributed by atoms with Gasteiger partial charge in [-0.15, -0.1) is 0 Å². The van der Waals surface area contributed by atoms with E-state index in [1.54, 1.807) is 18.7 Å². The van der Waals surface area contributed by atoms with Crippen molar-refractivity contribution in [1.82, 2.24) is 15.0 Å². The Labute approximate surface area is 134 Å². The Kier molecular flexibility index (Phi) is 3.90. The highest BCUT2D eigenvalue weighted by atomic mass is 16.5. The molecule has 6 heteroatoms. The third kappa shape index (κ3) is 3.17. The fraction of sp³-hybridized carbons (Fsp3) is 0.353. The first-order chi connectivity index (χ1) is 11.4. The van der Waals surface area contributed by atoms with Crippen LogP contribution < -0.4 is 4.90 Å². The predicted octanol–water partition coefficient (Wildman–Crippen LogP) is 2.80. The minimum absolute atomic E-state index is 0.240. The first-order valence-electron chi connectivity index (χ1n) is 7.85. The monoisotopic (exact) mass is 310 g/mol. The molecule has 3 aromatic rings. The number of aromatic nitrogens is 3. The van der Waals surface area contributed by atoms with E-state index >= 15 is 0 Å². The Bertz CT molecular complexity index is 769. The van der Waals surface area contributed by atoms with Gasteiger partial charge in [0.2, 0.25) is 0 Å². The van der Waals surface area contributed by atoms with Gasteiger partial charge in [-0.2, -0.15) is 0 Å². The van der Waals surface area contributed by atoms with Crippen molar-refractivity contribution in [2.45, 2.75) is 25.5 Å². The van der Waals surface area contributed by atoms with Gasteiger partial charge in [-0.05, 0) is 37.1 Å². The quantitative estimate of drug-likeness (QED) is 0.722. The predicted molar refractivity (Wildman–Crippen MR) is 86.1 cm³/mol. The molecule has 0 aliphatic carbocycles. The number of fused-ring (bicyclic) bond motifs is 1. The molecule has 118 valence electrons. The first-order valence-corrected chi connectivity index (χ1v) is 7.85. The smallest absolute Gasteiger partial charge is 0.180 e. The number of anilines is 1. The minimum Gasteiger partial charge on any atom is -0.467 e. The molecule has 6 nitrogen and oxygen atoms in total. The normalized spacial score (nSPS) is 17.7. The van der Waals surface area contributed by atoms with Crippen molar-refractivity contribution in [3.05, 3.63) is 48.7 Å². The Hall–Kier alpha value is -2.47. The molecule has 0 bridgehead atoms. The third-order valence-corrected chi connectivity index (χ3v) is 4.02. The lowest BCUT2D eigenvalue weighted by Crippen LogP contribution is -2.32. The highest BCUT2D eigenvalue weighted by Gasteiger charge is 2.21. The molecule has 4 heterocycles. The number of furan rings is 1. The number of hydrogen-bond acceptors (Lipinski definition) is 6. The van der Waals surface area contributed by atoms with Crippen LogP contribution >= 0.6 is 0 Å². The molecule has 1 fully saturated rings. The Morgan fingerprint density at radius 1 is 1.17 bits per heavy atom. The van der Waals surface area contributed by atoms with E-state index in [1.807, 2.05) is 24.3 Å². The van der Waals surface area contributed by atoms with Gasteiger partial charge < -0.3 is 14.1 Å². The lowest BCUT2D eigenvalue weighted by atomic mass is 10.2. The third-order valence-electron chi connectivity index (χ3n) is 4.02. The van der Waals surface area contributed by atoms with Crippen molar-refractivity contribution in [1.29, 1.82) is 0 Å². The van der Waals surface area contributed by atoms with Gasteiger partial charge in [0, 0.05) is 25.5 Å². The van der Waals surface area contributed by atoms with Crippen LogP contribution in [0.25, 0.3) is 11.2 Å². The van der Waals surface area contributed by atoms with Gasteiger partial charge >= 0.3 is 0 Å². The van der Waals surface area contributed by atoms with Crippen LogP contribution in [0.1, 0.15) is 18.6 Å². The van der Waals surface area contributed by atoms with Crippen LogP contribution in [0.3, 0.4) is 0 Å². The highest BCUT2D eigenvalue weighted by Crippen LogP contribution is 2.21. The number of hydrogen-bond donors (Lipinski definition) is 0. The lowest BCUT2D eigenvalue weighted by molar-refractivity contribution is 0.115. The molecule has 0 saturated carbocycles. The molecule has 0 N–H and O–H groups in total. The number of nitrogens with zero attached hydrogens (tertiary/aromatic N) is 4. The zero-order chi connectivity index (χ0) is 15.5. The summed E-state index contributed by atoms with van der Waals surface area (Å²) >= 11 is 0. The standard InChI is InChI=1S/C17H18N4O2/c1-3-13(22-9-1)11-21(12-14-4-2-10-23-14)16-6-5-15-17(20-16)19-8-7-18-15/h1,3,5-9,14H,2,4,10-12H2. The maximum absolute atomic E-state index is 5.78. The van der Waals surface area contributed by atoms with Crippen molar-refractivity contribution in [2.75, 3.05) is 18.1 Å². The number of pyridine rings is 1. The van der Waals surface area contributed by atoms with Crippen LogP contribution in [-0.4, -0.2) is 34.2 Å². The minimum atomic E-state index is 0.240. The summed E-state index contributed by atoms with van der Waals surface area (Å²) in [7, 11) is 0. The van der Waals surface area contributed by atoms with Crippen LogP contribution in [-0.2, 0) is 11.3 Å². The maximum Gasteiger partial charge on any atom is 0.180 e. The Morgan fingerprint density at radius 2 is 2.13 bits per heavy atom. The molecule has 1 atom stereocenters. The maximum atomic E-state index is 5.78. The molecule has 0 amide bonds. The molecule has 0 spiro atoms. The zero-order valence-corrected chi connectivity index (χ0v) is 12.8. The number of rotatable bonds is 5. The van der Waals surface area contributed by atoms with Crippen molar-refractivity contribution in [3.8, 4) is 0 Å². The summed E-state index contributed by atoms with van der Waals surface area (Å²) < 4.78 is 11.3. The molecule has 1 saturated heterocycles. The van der Waals surface area contributed by atoms with Gasteiger partial charge in [-0.3, -0.25) is 4.98 Å². The van der Waals surface area contributed by atoms with Crippen molar-refractivity contribution < 1.29 is 9.15 Å². The van der Waals surface area contributed by atoms with Gasteiger partial charge in [0.15, 0.2) is 5.65 Å².